The van der Waals surface area contributed by atoms with Gasteiger partial charge >= 0.3 is 0 Å². The Morgan fingerprint density at radius 2 is 0.943 bits per heavy atom. The minimum absolute atomic E-state index is 0.0105. The predicted molar refractivity (Wildman–Crippen MR) is 209 cm³/mol. The van der Waals surface area contributed by atoms with Crippen LogP contribution < -0.4 is 9.47 Å². The molecule has 4 aromatic carbocycles. The van der Waals surface area contributed by atoms with Crippen LogP contribution in [0.2, 0.25) is 0 Å². The number of rotatable bonds is 8. The van der Waals surface area contributed by atoms with E-state index in [2.05, 4.69) is 151 Å². The Morgan fingerprint density at radius 1 is 0.528 bits per heavy atom. The summed E-state index contributed by atoms with van der Waals surface area (Å²) in [6.45, 7) is 23.0. The third-order valence-corrected chi connectivity index (χ3v) is 11.6. The molecular formula is C45H50N6O2. The zero-order valence-electron chi connectivity index (χ0n) is 32.8. The van der Waals surface area contributed by atoms with Crippen molar-refractivity contribution in [1.29, 1.82) is 0 Å². The lowest BCUT2D eigenvalue weighted by Crippen LogP contribution is -2.27. The molecule has 2 aromatic heterocycles. The van der Waals surface area contributed by atoms with Crippen LogP contribution in [0.25, 0.3) is 11.4 Å². The summed E-state index contributed by atoms with van der Waals surface area (Å²) in [7, 11) is 0. The number of hydrogen-bond donors (Lipinski definition) is 0. The fourth-order valence-electron chi connectivity index (χ4n) is 9.28. The number of benzene rings is 4. The zero-order chi connectivity index (χ0) is 37.4. The maximum absolute atomic E-state index is 6.58. The van der Waals surface area contributed by atoms with Crippen LogP contribution in [-0.2, 0) is 29.5 Å². The van der Waals surface area contributed by atoms with Gasteiger partial charge in [-0.3, -0.25) is 0 Å². The Balaban J connectivity index is 1.09. The van der Waals surface area contributed by atoms with Gasteiger partial charge in [-0.15, -0.1) is 10.2 Å². The Hall–Kier alpha value is -5.24. The minimum Gasteiger partial charge on any atom is -0.487 e. The molecule has 272 valence electrons. The summed E-state index contributed by atoms with van der Waals surface area (Å²) in [5, 5.41) is 17.8. The lowest BCUT2D eigenvalue weighted by molar-refractivity contribution is 0.297. The van der Waals surface area contributed by atoms with Crippen molar-refractivity contribution in [3.05, 3.63) is 140 Å². The molecule has 2 aliphatic rings. The van der Waals surface area contributed by atoms with Crippen LogP contribution >= 0.6 is 0 Å². The van der Waals surface area contributed by atoms with Crippen molar-refractivity contribution in [2.24, 2.45) is 0 Å². The highest BCUT2D eigenvalue weighted by Crippen LogP contribution is 2.64. The Labute approximate surface area is 313 Å². The second kappa shape index (κ2) is 12.4. The highest BCUT2D eigenvalue weighted by molar-refractivity contribution is 5.64. The molecule has 0 N–H and O–H groups in total. The van der Waals surface area contributed by atoms with Crippen LogP contribution in [0.3, 0.4) is 0 Å². The van der Waals surface area contributed by atoms with Crippen molar-refractivity contribution in [3.8, 4) is 22.9 Å². The Bertz CT molecular complexity index is 2230. The van der Waals surface area contributed by atoms with Gasteiger partial charge in [0.15, 0.2) is 0 Å². The van der Waals surface area contributed by atoms with Crippen LogP contribution in [0.4, 0.5) is 0 Å². The lowest BCUT2D eigenvalue weighted by atomic mass is 9.72. The number of fused-ring (bicyclic) bond motifs is 4. The summed E-state index contributed by atoms with van der Waals surface area (Å²) in [5.74, 6) is 1.78. The molecule has 1 spiro atoms. The standard InChI is InChI=1S/C45H50N6O2/c1-27-11-13-39(29(3)15-27)50-21-33(46-48-50)23-52-41-19-37-35(17-31(41)5)43(7,8)25-45(37)26-44(9,10)36-18-32(6)42(20-38(36)45)53-24-34-22-51(49-47-34)40-14-12-28(2)16-30(40)4/h11-22H,23-26H2,1-10H3. The van der Waals surface area contributed by atoms with E-state index in [1.54, 1.807) is 0 Å². The predicted octanol–water partition coefficient (Wildman–Crippen LogP) is 9.51. The highest BCUT2D eigenvalue weighted by atomic mass is 16.5. The fourth-order valence-corrected chi connectivity index (χ4v) is 9.28. The molecule has 0 bridgehead atoms. The van der Waals surface area contributed by atoms with Crippen molar-refractivity contribution < 1.29 is 9.47 Å². The van der Waals surface area contributed by atoms with E-state index in [1.165, 1.54) is 33.4 Å². The van der Waals surface area contributed by atoms with Gasteiger partial charge in [0.05, 0.1) is 23.8 Å². The Morgan fingerprint density at radius 3 is 1.34 bits per heavy atom. The molecule has 0 fully saturated rings. The van der Waals surface area contributed by atoms with Gasteiger partial charge in [-0.1, -0.05) is 85.6 Å². The van der Waals surface area contributed by atoms with Crippen LogP contribution in [-0.4, -0.2) is 30.0 Å². The maximum Gasteiger partial charge on any atom is 0.134 e. The first-order chi connectivity index (χ1) is 25.1. The fraction of sp³-hybridized carbons (Fsp3) is 0.378. The second-order valence-electron chi connectivity index (χ2n) is 17.0. The van der Waals surface area contributed by atoms with Crippen LogP contribution in [0, 0.1) is 41.5 Å². The third-order valence-electron chi connectivity index (χ3n) is 11.6. The topological polar surface area (TPSA) is 79.9 Å². The molecule has 6 aromatic rings. The molecule has 0 unspecified atom stereocenters. The largest absolute Gasteiger partial charge is 0.487 e. The summed E-state index contributed by atoms with van der Waals surface area (Å²) in [6.07, 6.45) is 5.97. The number of nitrogens with zero attached hydrogens (tertiary/aromatic N) is 6. The molecule has 2 heterocycles. The van der Waals surface area contributed by atoms with Gasteiger partial charge in [0.2, 0.25) is 0 Å². The van der Waals surface area contributed by atoms with Gasteiger partial charge in [-0.2, -0.15) is 0 Å². The van der Waals surface area contributed by atoms with E-state index in [0.29, 0.717) is 13.2 Å². The van der Waals surface area contributed by atoms with E-state index in [0.717, 1.165) is 69.4 Å². The Kier molecular flexibility index (Phi) is 8.17. The molecule has 2 aliphatic carbocycles. The van der Waals surface area contributed by atoms with Crippen molar-refractivity contribution in [3.63, 3.8) is 0 Å². The van der Waals surface area contributed by atoms with Gasteiger partial charge in [0.1, 0.15) is 36.1 Å². The minimum atomic E-state index is -0.173. The molecule has 8 rings (SSSR count). The molecule has 0 atom stereocenters. The molecule has 0 radical (unpaired) electrons. The van der Waals surface area contributed by atoms with Crippen LogP contribution in [0.1, 0.15) is 108 Å². The average Bonchev–Trinajstić information content (AvgIpc) is 3.84. The molecule has 8 nitrogen and oxygen atoms in total. The maximum atomic E-state index is 6.58. The van der Waals surface area contributed by atoms with Gasteiger partial charge in [-0.25, -0.2) is 9.36 Å². The smallest absolute Gasteiger partial charge is 0.134 e. The second-order valence-corrected chi connectivity index (χ2v) is 17.0. The molecule has 0 amide bonds. The number of aromatic nitrogens is 6. The summed E-state index contributed by atoms with van der Waals surface area (Å²) in [5.41, 5.74) is 16.0. The van der Waals surface area contributed by atoms with E-state index in [9.17, 15) is 0 Å². The SMILES string of the molecule is Cc1ccc(-n2cc(COc3cc4c(cc3C)C(C)(C)CC43CC(C)(C)c4cc(C)c(OCc5cn(-c6ccc(C)cc6C)nn5)cc43)nn2)c(C)c1. The van der Waals surface area contributed by atoms with Crippen molar-refractivity contribution in [1.82, 2.24) is 30.0 Å². The molecular weight excluding hydrogens is 657 g/mol. The number of aryl methyl sites for hydroxylation is 6. The van der Waals surface area contributed by atoms with E-state index in [4.69, 9.17) is 9.47 Å². The van der Waals surface area contributed by atoms with Crippen LogP contribution in [0.15, 0.2) is 73.1 Å². The third kappa shape index (κ3) is 6.02. The van der Waals surface area contributed by atoms with Gasteiger partial charge < -0.3 is 9.47 Å². The summed E-state index contributed by atoms with van der Waals surface area (Å²) in [6, 6.07) is 22.1. The van der Waals surface area contributed by atoms with E-state index >= 15 is 0 Å². The summed E-state index contributed by atoms with van der Waals surface area (Å²) < 4.78 is 16.8. The van der Waals surface area contributed by atoms with Crippen molar-refractivity contribution >= 4 is 0 Å². The summed E-state index contributed by atoms with van der Waals surface area (Å²) in [4.78, 5) is 0. The molecule has 0 saturated heterocycles. The van der Waals surface area contributed by atoms with Gasteiger partial charge in [0.25, 0.3) is 0 Å². The summed E-state index contributed by atoms with van der Waals surface area (Å²) >= 11 is 0. The van der Waals surface area contributed by atoms with E-state index < -0.39 is 0 Å². The van der Waals surface area contributed by atoms with Gasteiger partial charge in [-0.05, 0) is 134 Å². The number of hydrogen-bond acceptors (Lipinski definition) is 6. The molecule has 0 aliphatic heterocycles. The van der Waals surface area contributed by atoms with Gasteiger partial charge in [0, 0.05) is 5.41 Å². The molecule has 0 saturated carbocycles. The van der Waals surface area contributed by atoms with Crippen LogP contribution in [0.5, 0.6) is 11.5 Å². The highest BCUT2D eigenvalue weighted by Gasteiger charge is 2.56. The first-order valence-corrected chi connectivity index (χ1v) is 18.7. The van der Waals surface area contributed by atoms with E-state index in [-0.39, 0.29) is 16.2 Å². The lowest BCUT2D eigenvalue weighted by Gasteiger charge is -2.31. The van der Waals surface area contributed by atoms with Crippen molar-refractivity contribution in [2.75, 3.05) is 0 Å². The normalized spacial score (nSPS) is 16.2. The quantitative estimate of drug-likeness (QED) is 0.157. The number of ether oxygens (including phenoxy) is 2. The monoisotopic (exact) mass is 706 g/mol. The molecule has 53 heavy (non-hydrogen) atoms. The van der Waals surface area contributed by atoms with Crippen molar-refractivity contribution in [2.45, 2.75) is 112 Å². The first-order valence-electron chi connectivity index (χ1n) is 18.7. The zero-order valence-corrected chi connectivity index (χ0v) is 32.8. The average molecular weight is 707 g/mol. The first kappa shape index (κ1) is 34.8. The molecule has 8 heteroatoms. The van der Waals surface area contributed by atoms with E-state index in [1.807, 2.05) is 21.8 Å².